The van der Waals surface area contributed by atoms with Crippen molar-refractivity contribution in [2.24, 2.45) is 15.9 Å². The van der Waals surface area contributed by atoms with Crippen LogP contribution < -0.4 is 10.6 Å². The van der Waals surface area contributed by atoms with Gasteiger partial charge in [-0.25, -0.2) is 4.99 Å². The van der Waals surface area contributed by atoms with Crippen LogP contribution in [-0.2, 0) is 6.42 Å². The predicted octanol–water partition coefficient (Wildman–Crippen LogP) is 4.91. The number of aromatic nitrogens is 1. The van der Waals surface area contributed by atoms with Gasteiger partial charge in [0.1, 0.15) is 5.84 Å². The fourth-order valence-electron chi connectivity index (χ4n) is 5.54. The standard InChI is InChI=1S/C28H46N6/c1-4-5-15-29-28-31-20-25(27(33-28)32-24-9-7-6-8-10-24)26-12-11-23(19-30-26)18-22-13-16-34(17-14-22)21(2)3/h11-12,19-22,24-25,28-29H,4-10,13-18H2,1-3H3,(H,32,33). The summed E-state index contributed by atoms with van der Waals surface area (Å²) in [7, 11) is 0. The molecule has 1 aromatic rings. The van der Waals surface area contributed by atoms with Gasteiger partial charge in [0.2, 0.25) is 0 Å². The van der Waals surface area contributed by atoms with Crippen molar-refractivity contribution in [1.82, 2.24) is 20.5 Å². The molecule has 1 saturated carbocycles. The summed E-state index contributed by atoms with van der Waals surface area (Å²) in [4.78, 5) is 17.2. The highest BCUT2D eigenvalue weighted by molar-refractivity contribution is 6.03. The van der Waals surface area contributed by atoms with E-state index >= 15 is 0 Å². The number of unbranched alkanes of at least 4 members (excludes halogenated alkanes) is 1. The Balaban J connectivity index is 1.39. The number of pyridine rings is 1. The van der Waals surface area contributed by atoms with Crippen LogP contribution in [0.2, 0.25) is 0 Å². The molecule has 2 aliphatic heterocycles. The van der Waals surface area contributed by atoms with E-state index in [1.807, 2.05) is 0 Å². The van der Waals surface area contributed by atoms with E-state index in [0.29, 0.717) is 12.1 Å². The molecule has 4 rings (SSSR count). The van der Waals surface area contributed by atoms with Crippen LogP contribution in [-0.4, -0.2) is 59.9 Å². The molecule has 1 aliphatic carbocycles. The van der Waals surface area contributed by atoms with Crippen molar-refractivity contribution in [1.29, 1.82) is 0 Å². The Morgan fingerprint density at radius 2 is 1.85 bits per heavy atom. The van der Waals surface area contributed by atoms with Crippen LogP contribution in [0.3, 0.4) is 0 Å². The summed E-state index contributed by atoms with van der Waals surface area (Å²) in [6.45, 7) is 10.2. The van der Waals surface area contributed by atoms with Gasteiger partial charge in [0, 0.05) is 24.5 Å². The molecule has 2 fully saturated rings. The number of hydrogen-bond donors (Lipinski definition) is 2. The minimum atomic E-state index is -0.176. The topological polar surface area (TPSA) is 64.9 Å². The van der Waals surface area contributed by atoms with Crippen molar-refractivity contribution < 1.29 is 0 Å². The SMILES string of the molecule is CCCCNC1N=CC(c2ccc(CC3CCN(C(C)C)CC3)cn2)C(NC2CCCCC2)=N1. The molecular weight excluding hydrogens is 420 g/mol. The minimum Gasteiger partial charge on any atom is -0.370 e. The lowest BCUT2D eigenvalue weighted by molar-refractivity contribution is 0.149. The first-order chi connectivity index (χ1) is 16.6. The summed E-state index contributed by atoms with van der Waals surface area (Å²) in [5, 5.41) is 7.27. The van der Waals surface area contributed by atoms with Crippen LogP contribution in [0.1, 0.15) is 95.7 Å². The molecule has 0 spiro atoms. The number of nitrogens with zero attached hydrogens (tertiary/aromatic N) is 4. The molecule has 3 heterocycles. The molecule has 3 aliphatic rings. The maximum atomic E-state index is 4.99. The van der Waals surface area contributed by atoms with E-state index in [1.165, 1.54) is 70.0 Å². The van der Waals surface area contributed by atoms with E-state index in [0.717, 1.165) is 36.8 Å². The molecule has 2 atom stereocenters. The second-order valence-electron chi connectivity index (χ2n) is 10.8. The van der Waals surface area contributed by atoms with Crippen molar-refractivity contribution >= 4 is 12.1 Å². The third-order valence-electron chi connectivity index (χ3n) is 7.82. The van der Waals surface area contributed by atoms with Crippen molar-refractivity contribution in [2.45, 2.75) is 109 Å². The lowest BCUT2D eigenvalue weighted by atomic mass is 9.90. The van der Waals surface area contributed by atoms with Gasteiger partial charge in [0.15, 0.2) is 6.29 Å². The molecule has 188 valence electrons. The fourth-order valence-corrected chi connectivity index (χ4v) is 5.54. The van der Waals surface area contributed by atoms with Crippen molar-refractivity contribution in [3.05, 3.63) is 29.6 Å². The van der Waals surface area contributed by atoms with Gasteiger partial charge >= 0.3 is 0 Å². The third-order valence-corrected chi connectivity index (χ3v) is 7.82. The number of nitrogens with one attached hydrogen (secondary N) is 2. The number of hydrogen-bond acceptors (Lipinski definition) is 6. The van der Waals surface area contributed by atoms with Crippen molar-refractivity contribution in [2.75, 3.05) is 19.6 Å². The predicted molar refractivity (Wildman–Crippen MR) is 143 cm³/mol. The van der Waals surface area contributed by atoms with E-state index in [-0.39, 0.29) is 12.2 Å². The number of aliphatic imine (C=N–C) groups is 2. The molecule has 0 amide bonds. The monoisotopic (exact) mass is 466 g/mol. The molecule has 6 heteroatoms. The minimum absolute atomic E-state index is 0.0227. The second kappa shape index (κ2) is 12.8. The normalized spacial score (nSPS) is 25.0. The first kappa shape index (κ1) is 25.3. The molecule has 1 aromatic heterocycles. The maximum Gasteiger partial charge on any atom is 0.195 e. The van der Waals surface area contributed by atoms with Gasteiger partial charge in [-0.1, -0.05) is 38.7 Å². The van der Waals surface area contributed by atoms with Gasteiger partial charge in [-0.3, -0.25) is 15.3 Å². The smallest absolute Gasteiger partial charge is 0.195 e. The Hall–Kier alpha value is -1.79. The largest absolute Gasteiger partial charge is 0.370 e. The maximum absolute atomic E-state index is 4.99. The van der Waals surface area contributed by atoms with Crippen LogP contribution >= 0.6 is 0 Å². The Labute approximate surface area is 207 Å². The van der Waals surface area contributed by atoms with Crippen LogP contribution in [0.5, 0.6) is 0 Å². The average molecular weight is 467 g/mol. The zero-order valence-corrected chi connectivity index (χ0v) is 21.7. The highest BCUT2D eigenvalue weighted by Gasteiger charge is 2.27. The number of amidine groups is 1. The Bertz CT molecular complexity index is 788. The number of piperidine rings is 1. The Morgan fingerprint density at radius 3 is 2.53 bits per heavy atom. The van der Waals surface area contributed by atoms with Crippen LogP contribution in [0, 0.1) is 5.92 Å². The van der Waals surface area contributed by atoms with E-state index < -0.39 is 0 Å². The summed E-state index contributed by atoms with van der Waals surface area (Å²) in [5.74, 6) is 1.84. The molecule has 6 nitrogen and oxygen atoms in total. The fraction of sp³-hybridized carbons (Fsp3) is 0.750. The van der Waals surface area contributed by atoms with Gasteiger partial charge in [-0.15, -0.1) is 0 Å². The van der Waals surface area contributed by atoms with Crippen LogP contribution in [0.25, 0.3) is 0 Å². The summed E-state index contributed by atoms with van der Waals surface area (Å²) in [5.41, 5.74) is 2.41. The molecule has 2 N–H and O–H groups in total. The Morgan fingerprint density at radius 1 is 1.06 bits per heavy atom. The van der Waals surface area contributed by atoms with Gasteiger partial charge in [0.25, 0.3) is 0 Å². The zero-order chi connectivity index (χ0) is 23.8. The first-order valence-corrected chi connectivity index (χ1v) is 13.9. The molecular formula is C28H46N6. The van der Waals surface area contributed by atoms with Gasteiger partial charge in [-0.05, 0) is 89.6 Å². The highest BCUT2D eigenvalue weighted by atomic mass is 15.2. The van der Waals surface area contributed by atoms with Gasteiger partial charge in [0.05, 0.1) is 11.6 Å². The van der Waals surface area contributed by atoms with Gasteiger partial charge < -0.3 is 10.2 Å². The van der Waals surface area contributed by atoms with E-state index in [1.54, 1.807) is 0 Å². The average Bonchev–Trinajstić information content (AvgIpc) is 2.86. The molecule has 1 saturated heterocycles. The summed E-state index contributed by atoms with van der Waals surface area (Å²) in [6, 6.07) is 5.68. The van der Waals surface area contributed by atoms with Crippen molar-refractivity contribution in [3.8, 4) is 0 Å². The van der Waals surface area contributed by atoms with E-state index in [9.17, 15) is 0 Å². The van der Waals surface area contributed by atoms with Crippen LogP contribution in [0.15, 0.2) is 28.3 Å². The summed E-state index contributed by atoms with van der Waals surface area (Å²) >= 11 is 0. The molecule has 0 radical (unpaired) electrons. The van der Waals surface area contributed by atoms with Crippen molar-refractivity contribution in [3.63, 3.8) is 0 Å². The number of likely N-dealkylation sites (tertiary alicyclic amines) is 1. The Kier molecular flexibility index (Phi) is 9.51. The molecule has 0 bridgehead atoms. The summed E-state index contributed by atoms with van der Waals surface area (Å²) in [6.07, 6.45) is 16.5. The number of rotatable bonds is 9. The first-order valence-electron chi connectivity index (χ1n) is 13.9. The molecule has 34 heavy (non-hydrogen) atoms. The second-order valence-corrected chi connectivity index (χ2v) is 10.8. The van der Waals surface area contributed by atoms with Crippen LogP contribution in [0.4, 0.5) is 0 Å². The molecule has 0 aromatic carbocycles. The van der Waals surface area contributed by atoms with E-state index in [2.05, 4.69) is 60.8 Å². The van der Waals surface area contributed by atoms with E-state index in [4.69, 9.17) is 15.0 Å². The lowest BCUT2D eigenvalue weighted by Gasteiger charge is -2.34. The highest BCUT2D eigenvalue weighted by Crippen LogP contribution is 2.25. The third kappa shape index (κ3) is 7.11. The zero-order valence-electron chi connectivity index (χ0n) is 21.7. The van der Waals surface area contributed by atoms with Gasteiger partial charge in [-0.2, -0.15) is 0 Å². The lowest BCUT2D eigenvalue weighted by Crippen LogP contribution is -2.44. The summed E-state index contributed by atoms with van der Waals surface area (Å²) < 4.78 is 0. The molecule has 2 unspecified atom stereocenters. The quantitative estimate of drug-likeness (QED) is 0.508.